The van der Waals surface area contributed by atoms with Crippen molar-refractivity contribution < 1.29 is 47.6 Å². The maximum Gasteiger partial charge on any atom is 1.00 e. The molecule has 19 heavy (non-hydrogen) atoms. The van der Waals surface area contributed by atoms with Crippen LogP contribution in [0.25, 0.3) is 0 Å². The van der Waals surface area contributed by atoms with Gasteiger partial charge in [-0.3, -0.25) is 0 Å². The van der Waals surface area contributed by atoms with Gasteiger partial charge in [-0.25, -0.2) is 8.42 Å². The summed E-state index contributed by atoms with van der Waals surface area (Å²) in [5.74, 6) is 0. The predicted molar refractivity (Wildman–Crippen MR) is 72.4 cm³/mol. The molecule has 0 aliphatic heterocycles. The first-order valence-electron chi connectivity index (χ1n) is 7.04. The van der Waals surface area contributed by atoms with Gasteiger partial charge in [-0.05, 0) is 25.7 Å². The summed E-state index contributed by atoms with van der Waals surface area (Å²) in [6.07, 6.45) is 6.12. The Labute approximate surface area is 140 Å². The zero-order valence-corrected chi connectivity index (χ0v) is 15.4. The molecule has 2 atom stereocenters. The fraction of sp³-hybridized carbons (Fsp3) is 1.00. The third kappa shape index (κ3) is 12.3. The first kappa shape index (κ1) is 22.2. The maximum atomic E-state index is 11.1. The van der Waals surface area contributed by atoms with Crippen molar-refractivity contribution in [1.82, 2.24) is 0 Å². The van der Waals surface area contributed by atoms with Crippen LogP contribution in [0, 0.1) is 0 Å². The van der Waals surface area contributed by atoms with E-state index in [2.05, 4.69) is 6.92 Å². The molecule has 0 aromatic carbocycles. The number of hydrogen-bond acceptors (Lipinski definition) is 4. The summed E-state index contributed by atoms with van der Waals surface area (Å²) in [6.45, 7) is 4.06. The van der Waals surface area contributed by atoms with Crippen LogP contribution in [0.15, 0.2) is 0 Å². The van der Waals surface area contributed by atoms with Gasteiger partial charge in [0, 0.05) is 5.25 Å². The monoisotopic (exact) mass is 302 g/mol. The van der Waals surface area contributed by atoms with Gasteiger partial charge in [0.15, 0.2) is 0 Å². The van der Waals surface area contributed by atoms with Crippen LogP contribution in [0.4, 0.5) is 0 Å². The minimum absolute atomic E-state index is 0. The van der Waals surface area contributed by atoms with E-state index in [1.165, 1.54) is 0 Å². The van der Waals surface area contributed by atoms with E-state index < -0.39 is 21.5 Å². The summed E-state index contributed by atoms with van der Waals surface area (Å²) in [7, 11) is -4.22. The average molecular weight is 302 g/mol. The van der Waals surface area contributed by atoms with E-state index in [4.69, 9.17) is 0 Å². The summed E-state index contributed by atoms with van der Waals surface area (Å²) in [6, 6.07) is 0. The Morgan fingerprint density at radius 2 is 1.53 bits per heavy atom. The molecule has 0 aromatic rings. The maximum absolute atomic E-state index is 11.1. The molecule has 0 aliphatic rings. The van der Waals surface area contributed by atoms with Gasteiger partial charge in [-0.2, -0.15) is 0 Å². The minimum atomic E-state index is -4.22. The third-order valence-electron chi connectivity index (χ3n) is 3.25. The Kier molecular flexibility index (Phi) is 14.7. The summed E-state index contributed by atoms with van der Waals surface area (Å²) in [5.41, 5.74) is 0. The molecule has 6 heteroatoms. The summed E-state index contributed by atoms with van der Waals surface area (Å²) in [4.78, 5) is 0. The molecule has 1 N–H and O–H groups in total. The van der Waals surface area contributed by atoms with Crippen molar-refractivity contribution in [3.63, 3.8) is 0 Å². The number of aliphatic hydroxyl groups is 1. The molecule has 0 fully saturated rings. The molecular formula is C13H27NaO4S. The molecule has 110 valence electrons. The molecule has 0 amide bonds. The van der Waals surface area contributed by atoms with Gasteiger partial charge in [0.2, 0.25) is 0 Å². The van der Waals surface area contributed by atoms with Crippen molar-refractivity contribution in [3.8, 4) is 0 Å². The van der Waals surface area contributed by atoms with Crippen molar-refractivity contribution in [1.29, 1.82) is 0 Å². The van der Waals surface area contributed by atoms with Crippen LogP contribution in [-0.2, 0) is 10.1 Å². The Hall–Kier alpha value is 0.870. The van der Waals surface area contributed by atoms with Gasteiger partial charge in [0.1, 0.15) is 0 Å². The molecule has 0 radical (unpaired) electrons. The van der Waals surface area contributed by atoms with Crippen LogP contribution in [0.2, 0.25) is 0 Å². The van der Waals surface area contributed by atoms with E-state index in [1.54, 1.807) is 0 Å². The molecule has 2 unspecified atom stereocenters. The molecule has 0 bridgehead atoms. The minimum Gasteiger partial charge on any atom is -0.748 e. The van der Waals surface area contributed by atoms with Gasteiger partial charge in [0.05, 0.1) is 16.2 Å². The first-order chi connectivity index (χ1) is 8.41. The van der Waals surface area contributed by atoms with Crippen LogP contribution in [0.3, 0.4) is 0 Å². The average Bonchev–Trinajstić information content (AvgIpc) is 2.27. The smallest absolute Gasteiger partial charge is 0.748 e. The zero-order chi connectivity index (χ0) is 14.0. The van der Waals surface area contributed by atoms with Crippen LogP contribution in [0.5, 0.6) is 0 Å². The number of rotatable bonds is 11. The first-order valence-corrected chi connectivity index (χ1v) is 8.51. The van der Waals surface area contributed by atoms with Gasteiger partial charge in [-0.15, -0.1) is 0 Å². The zero-order valence-electron chi connectivity index (χ0n) is 12.6. The molecule has 0 aromatic heterocycles. The third-order valence-corrected chi connectivity index (χ3v) is 4.54. The predicted octanol–water partition coefficient (Wildman–Crippen LogP) is -0.184. The van der Waals surface area contributed by atoms with Crippen molar-refractivity contribution in [2.24, 2.45) is 0 Å². The SMILES string of the molecule is CCCCCC(O)CCC(CCCC)S(=O)(=O)[O-].[Na+]. The fourth-order valence-corrected chi connectivity index (χ4v) is 2.90. The molecule has 0 spiro atoms. The van der Waals surface area contributed by atoms with Crippen LogP contribution < -0.4 is 29.6 Å². The standard InChI is InChI=1S/C13H28O4S.Na/c1-3-5-7-8-12(14)10-11-13(9-6-4-2)18(15,16)17;/h12-14H,3-11H2,1-2H3,(H,15,16,17);/q;+1/p-1. The second kappa shape index (κ2) is 12.6. The quantitative estimate of drug-likeness (QED) is 0.326. The van der Waals surface area contributed by atoms with Crippen molar-refractivity contribution in [2.75, 3.05) is 0 Å². The summed E-state index contributed by atoms with van der Waals surface area (Å²) in [5, 5.41) is 8.90. The molecule has 0 saturated carbocycles. The van der Waals surface area contributed by atoms with Crippen LogP contribution >= 0.6 is 0 Å². The molecular weight excluding hydrogens is 275 g/mol. The van der Waals surface area contributed by atoms with E-state index in [0.717, 1.165) is 32.1 Å². The number of aliphatic hydroxyl groups excluding tert-OH is 1. The van der Waals surface area contributed by atoms with Crippen molar-refractivity contribution in [3.05, 3.63) is 0 Å². The Morgan fingerprint density at radius 1 is 0.947 bits per heavy atom. The topological polar surface area (TPSA) is 77.4 Å². The fourth-order valence-electron chi connectivity index (χ4n) is 2.02. The van der Waals surface area contributed by atoms with Gasteiger partial charge in [0.25, 0.3) is 0 Å². The second-order valence-corrected chi connectivity index (χ2v) is 6.64. The molecule has 4 nitrogen and oxygen atoms in total. The van der Waals surface area contributed by atoms with E-state index in [0.29, 0.717) is 25.7 Å². The Bertz CT molecular complexity index is 293. The second-order valence-electron chi connectivity index (χ2n) is 4.98. The van der Waals surface area contributed by atoms with Gasteiger partial charge in [-0.1, -0.05) is 46.0 Å². The molecule has 0 rings (SSSR count). The van der Waals surface area contributed by atoms with E-state index in [1.807, 2.05) is 6.92 Å². The Balaban J connectivity index is 0. The molecule has 0 heterocycles. The summed E-state index contributed by atoms with van der Waals surface area (Å²) < 4.78 is 33.2. The largest absolute Gasteiger partial charge is 1.00 e. The van der Waals surface area contributed by atoms with E-state index in [-0.39, 0.29) is 29.6 Å². The van der Waals surface area contributed by atoms with Crippen LogP contribution in [0.1, 0.15) is 71.6 Å². The molecule has 0 aliphatic carbocycles. The van der Waals surface area contributed by atoms with E-state index >= 15 is 0 Å². The van der Waals surface area contributed by atoms with E-state index in [9.17, 15) is 18.1 Å². The molecule has 0 saturated heterocycles. The van der Waals surface area contributed by atoms with Gasteiger partial charge < -0.3 is 9.66 Å². The van der Waals surface area contributed by atoms with Crippen molar-refractivity contribution in [2.45, 2.75) is 83.0 Å². The van der Waals surface area contributed by atoms with Gasteiger partial charge >= 0.3 is 29.6 Å². The summed E-state index contributed by atoms with van der Waals surface area (Å²) >= 11 is 0. The number of unbranched alkanes of at least 4 members (excludes halogenated alkanes) is 3. The van der Waals surface area contributed by atoms with Crippen molar-refractivity contribution >= 4 is 10.1 Å². The van der Waals surface area contributed by atoms with Crippen LogP contribution in [-0.4, -0.2) is 29.4 Å². The normalized spacial score (nSPS) is 14.7. The number of hydrogen-bond donors (Lipinski definition) is 1. The Morgan fingerprint density at radius 3 is 2.00 bits per heavy atom.